The van der Waals surface area contributed by atoms with E-state index >= 15 is 0 Å². The molecule has 0 saturated heterocycles. The first-order valence-corrected chi connectivity index (χ1v) is 8.18. The summed E-state index contributed by atoms with van der Waals surface area (Å²) in [5, 5.41) is 3.86. The van der Waals surface area contributed by atoms with E-state index < -0.39 is 0 Å². The average molecular weight is 251 g/mol. The summed E-state index contributed by atoms with van der Waals surface area (Å²) in [5.74, 6) is 2.90. The second-order valence-electron chi connectivity index (χ2n) is 8.11. The van der Waals surface area contributed by atoms with Crippen LogP contribution in [0.15, 0.2) is 0 Å². The Morgan fingerprint density at radius 2 is 1.61 bits per heavy atom. The summed E-state index contributed by atoms with van der Waals surface area (Å²) < 4.78 is 0. The van der Waals surface area contributed by atoms with E-state index in [1.807, 2.05) is 0 Å². The summed E-state index contributed by atoms with van der Waals surface area (Å²) >= 11 is 0. The lowest BCUT2D eigenvalue weighted by Gasteiger charge is -2.37. The highest BCUT2D eigenvalue weighted by Crippen LogP contribution is 2.38. The highest BCUT2D eigenvalue weighted by Gasteiger charge is 2.30. The number of nitrogens with one attached hydrogen (secondary N) is 1. The van der Waals surface area contributed by atoms with Crippen LogP contribution in [0.3, 0.4) is 0 Å². The summed E-state index contributed by atoms with van der Waals surface area (Å²) in [6.07, 6.45) is 10.1. The standard InChI is InChI=1S/C17H33N/c1-13-5-6-14(11-13)12-18-16-9-7-15(8-10-16)17(2,3)4/h13-16,18H,5-12H2,1-4H3. The molecule has 0 radical (unpaired) electrons. The molecule has 0 spiro atoms. The van der Waals surface area contributed by atoms with Crippen LogP contribution in [-0.2, 0) is 0 Å². The smallest absolute Gasteiger partial charge is 0.00673 e. The van der Waals surface area contributed by atoms with E-state index in [0.29, 0.717) is 5.41 Å². The lowest BCUT2D eigenvalue weighted by atomic mass is 9.71. The van der Waals surface area contributed by atoms with Crippen LogP contribution in [0.5, 0.6) is 0 Å². The molecule has 0 aromatic heterocycles. The molecule has 2 unspecified atom stereocenters. The van der Waals surface area contributed by atoms with Crippen LogP contribution >= 0.6 is 0 Å². The van der Waals surface area contributed by atoms with Crippen LogP contribution in [0, 0.1) is 23.2 Å². The minimum Gasteiger partial charge on any atom is -0.314 e. The van der Waals surface area contributed by atoms with Gasteiger partial charge in [0.2, 0.25) is 0 Å². The highest BCUT2D eigenvalue weighted by molar-refractivity contribution is 4.84. The first-order valence-electron chi connectivity index (χ1n) is 8.18. The van der Waals surface area contributed by atoms with E-state index in [4.69, 9.17) is 0 Å². The van der Waals surface area contributed by atoms with E-state index in [2.05, 4.69) is 33.0 Å². The molecular weight excluding hydrogens is 218 g/mol. The maximum absolute atomic E-state index is 3.86. The quantitative estimate of drug-likeness (QED) is 0.772. The molecular formula is C17H33N. The molecule has 2 saturated carbocycles. The Balaban J connectivity index is 1.65. The molecule has 0 aromatic rings. The second kappa shape index (κ2) is 5.94. The minimum absolute atomic E-state index is 0.520. The fourth-order valence-corrected chi connectivity index (χ4v) is 4.01. The Morgan fingerprint density at radius 3 is 2.11 bits per heavy atom. The Kier molecular flexibility index (Phi) is 4.75. The maximum Gasteiger partial charge on any atom is 0.00673 e. The summed E-state index contributed by atoms with van der Waals surface area (Å²) in [7, 11) is 0. The van der Waals surface area contributed by atoms with Gasteiger partial charge in [0.1, 0.15) is 0 Å². The SMILES string of the molecule is CC1CCC(CNC2CCC(C(C)(C)C)CC2)C1. The van der Waals surface area contributed by atoms with Crippen molar-refractivity contribution in [2.75, 3.05) is 6.54 Å². The highest BCUT2D eigenvalue weighted by atomic mass is 14.9. The van der Waals surface area contributed by atoms with Gasteiger partial charge in [-0.3, -0.25) is 0 Å². The Bertz CT molecular complexity index is 245. The number of hydrogen-bond donors (Lipinski definition) is 1. The van der Waals surface area contributed by atoms with Crippen molar-refractivity contribution in [3.63, 3.8) is 0 Å². The van der Waals surface area contributed by atoms with E-state index in [9.17, 15) is 0 Å². The Morgan fingerprint density at radius 1 is 0.944 bits per heavy atom. The molecule has 2 aliphatic rings. The van der Waals surface area contributed by atoms with Crippen molar-refractivity contribution in [3.05, 3.63) is 0 Å². The van der Waals surface area contributed by atoms with Gasteiger partial charge in [-0.05, 0) is 68.2 Å². The van der Waals surface area contributed by atoms with Crippen LogP contribution in [0.1, 0.15) is 72.6 Å². The van der Waals surface area contributed by atoms with E-state index in [-0.39, 0.29) is 0 Å². The molecule has 2 fully saturated rings. The second-order valence-corrected chi connectivity index (χ2v) is 8.11. The lowest BCUT2D eigenvalue weighted by Crippen LogP contribution is -2.38. The van der Waals surface area contributed by atoms with Gasteiger partial charge in [0.05, 0.1) is 0 Å². The summed E-state index contributed by atoms with van der Waals surface area (Å²) in [5.41, 5.74) is 0.520. The van der Waals surface area contributed by atoms with Crippen LogP contribution in [-0.4, -0.2) is 12.6 Å². The predicted molar refractivity (Wildman–Crippen MR) is 79.7 cm³/mol. The third-order valence-corrected chi connectivity index (χ3v) is 5.45. The maximum atomic E-state index is 3.86. The van der Waals surface area contributed by atoms with Crippen LogP contribution in [0.2, 0.25) is 0 Å². The molecule has 0 heterocycles. The molecule has 0 aromatic carbocycles. The largest absolute Gasteiger partial charge is 0.314 e. The van der Waals surface area contributed by atoms with E-state index in [1.54, 1.807) is 0 Å². The molecule has 106 valence electrons. The minimum atomic E-state index is 0.520. The molecule has 1 nitrogen and oxygen atoms in total. The molecule has 2 rings (SSSR count). The molecule has 0 bridgehead atoms. The van der Waals surface area contributed by atoms with Gasteiger partial charge >= 0.3 is 0 Å². The Labute approximate surface area is 114 Å². The van der Waals surface area contributed by atoms with Gasteiger partial charge in [-0.25, -0.2) is 0 Å². The van der Waals surface area contributed by atoms with Crippen LogP contribution < -0.4 is 5.32 Å². The van der Waals surface area contributed by atoms with Gasteiger partial charge in [0, 0.05) is 6.04 Å². The monoisotopic (exact) mass is 251 g/mol. The van der Waals surface area contributed by atoms with Gasteiger partial charge < -0.3 is 5.32 Å². The Hall–Kier alpha value is -0.0400. The van der Waals surface area contributed by atoms with Crippen LogP contribution in [0.4, 0.5) is 0 Å². The molecule has 2 aliphatic carbocycles. The molecule has 0 aliphatic heterocycles. The van der Waals surface area contributed by atoms with Gasteiger partial charge in [-0.15, -0.1) is 0 Å². The van der Waals surface area contributed by atoms with Crippen molar-refractivity contribution in [1.29, 1.82) is 0 Å². The van der Waals surface area contributed by atoms with Crippen molar-refractivity contribution < 1.29 is 0 Å². The first-order chi connectivity index (χ1) is 8.45. The summed E-state index contributed by atoms with van der Waals surface area (Å²) in [6.45, 7) is 10.9. The number of hydrogen-bond acceptors (Lipinski definition) is 1. The van der Waals surface area contributed by atoms with Crippen LogP contribution in [0.25, 0.3) is 0 Å². The fourth-order valence-electron chi connectivity index (χ4n) is 4.01. The topological polar surface area (TPSA) is 12.0 Å². The molecule has 1 heteroatoms. The third-order valence-electron chi connectivity index (χ3n) is 5.45. The van der Waals surface area contributed by atoms with Crippen molar-refractivity contribution in [2.24, 2.45) is 23.2 Å². The summed E-state index contributed by atoms with van der Waals surface area (Å²) in [4.78, 5) is 0. The lowest BCUT2D eigenvalue weighted by molar-refractivity contribution is 0.158. The van der Waals surface area contributed by atoms with Crippen molar-refractivity contribution in [3.8, 4) is 0 Å². The zero-order valence-corrected chi connectivity index (χ0v) is 13.0. The van der Waals surface area contributed by atoms with Crippen molar-refractivity contribution >= 4 is 0 Å². The van der Waals surface area contributed by atoms with Crippen molar-refractivity contribution in [1.82, 2.24) is 5.32 Å². The molecule has 1 N–H and O–H groups in total. The van der Waals surface area contributed by atoms with E-state index in [0.717, 1.165) is 23.8 Å². The average Bonchev–Trinajstić information content (AvgIpc) is 2.72. The molecule has 0 amide bonds. The zero-order valence-electron chi connectivity index (χ0n) is 13.0. The van der Waals surface area contributed by atoms with Crippen molar-refractivity contribution in [2.45, 2.75) is 78.7 Å². The van der Waals surface area contributed by atoms with Gasteiger partial charge in [0.15, 0.2) is 0 Å². The fraction of sp³-hybridized carbons (Fsp3) is 1.00. The summed E-state index contributed by atoms with van der Waals surface area (Å²) in [6, 6.07) is 0.819. The zero-order chi connectivity index (χ0) is 13.2. The normalized spacial score (nSPS) is 38.0. The third kappa shape index (κ3) is 3.98. The van der Waals surface area contributed by atoms with Gasteiger partial charge in [-0.1, -0.05) is 34.1 Å². The van der Waals surface area contributed by atoms with Gasteiger partial charge in [-0.2, -0.15) is 0 Å². The predicted octanol–water partition coefficient (Wildman–Crippen LogP) is 4.62. The number of rotatable bonds is 3. The van der Waals surface area contributed by atoms with Gasteiger partial charge in [0.25, 0.3) is 0 Å². The first kappa shape index (κ1) is 14.4. The molecule has 2 atom stereocenters. The molecule has 18 heavy (non-hydrogen) atoms. The van der Waals surface area contributed by atoms with E-state index in [1.165, 1.54) is 51.5 Å².